The van der Waals surface area contributed by atoms with Gasteiger partial charge in [-0.2, -0.15) is 0 Å². The molecule has 2 heteroatoms. The van der Waals surface area contributed by atoms with Crippen LogP contribution in [0.15, 0.2) is 48.5 Å². The van der Waals surface area contributed by atoms with Crippen molar-refractivity contribution < 1.29 is 4.39 Å². The molecule has 0 radical (unpaired) electrons. The van der Waals surface area contributed by atoms with Gasteiger partial charge in [-0.3, -0.25) is 0 Å². The fraction of sp³-hybridized carbons (Fsp3) is 0.250. The Balaban J connectivity index is 2.15. The van der Waals surface area contributed by atoms with Crippen LogP contribution in [0.4, 0.5) is 4.39 Å². The van der Waals surface area contributed by atoms with Gasteiger partial charge in [0.15, 0.2) is 0 Å². The molecule has 0 aliphatic rings. The summed E-state index contributed by atoms with van der Waals surface area (Å²) in [5, 5.41) is 3.36. The van der Waals surface area contributed by atoms with Crippen LogP contribution in [0.1, 0.15) is 19.4 Å². The predicted octanol–water partition coefficient (Wildman–Crippen LogP) is 3.99. The summed E-state index contributed by atoms with van der Waals surface area (Å²) in [7, 11) is 0. The minimum atomic E-state index is -0.175. The Kier molecular flexibility index (Phi) is 4.11. The molecule has 0 aliphatic heterocycles. The largest absolute Gasteiger partial charge is 0.310 e. The van der Waals surface area contributed by atoms with Gasteiger partial charge < -0.3 is 5.32 Å². The molecule has 0 bridgehead atoms. The zero-order valence-corrected chi connectivity index (χ0v) is 10.8. The average Bonchev–Trinajstić information content (AvgIpc) is 2.38. The van der Waals surface area contributed by atoms with E-state index in [-0.39, 0.29) is 5.82 Å². The van der Waals surface area contributed by atoms with Gasteiger partial charge in [0.1, 0.15) is 5.82 Å². The highest BCUT2D eigenvalue weighted by atomic mass is 19.1. The zero-order chi connectivity index (χ0) is 13.0. The van der Waals surface area contributed by atoms with Crippen molar-refractivity contribution in [2.75, 3.05) is 0 Å². The second-order valence-electron chi connectivity index (χ2n) is 4.71. The zero-order valence-electron chi connectivity index (χ0n) is 10.8. The maximum atomic E-state index is 13.6. The molecule has 0 amide bonds. The first-order valence-electron chi connectivity index (χ1n) is 6.24. The highest BCUT2D eigenvalue weighted by Gasteiger charge is 2.03. The van der Waals surface area contributed by atoms with E-state index in [9.17, 15) is 4.39 Å². The maximum absolute atomic E-state index is 13.6. The molecule has 0 fully saturated rings. The van der Waals surface area contributed by atoms with E-state index in [0.29, 0.717) is 11.6 Å². The standard InChI is InChI=1S/C16H18FN/c1-12(2)18-11-13-7-9-14(10-8-13)15-5-3-4-6-16(15)17/h3-10,12,18H,11H2,1-2H3. The van der Waals surface area contributed by atoms with Crippen molar-refractivity contribution in [1.82, 2.24) is 5.32 Å². The van der Waals surface area contributed by atoms with Crippen LogP contribution in [0.25, 0.3) is 11.1 Å². The van der Waals surface area contributed by atoms with Gasteiger partial charge in [-0.1, -0.05) is 56.3 Å². The lowest BCUT2D eigenvalue weighted by Crippen LogP contribution is -2.21. The minimum Gasteiger partial charge on any atom is -0.310 e. The number of hydrogen-bond donors (Lipinski definition) is 1. The topological polar surface area (TPSA) is 12.0 Å². The Morgan fingerprint density at radius 3 is 2.28 bits per heavy atom. The smallest absolute Gasteiger partial charge is 0.131 e. The normalized spacial score (nSPS) is 10.9. The summed E-state index contributed by atoms with van der Waals surface area (Å²) < 4.78 is 13.6. The van der Waals surface area contributed by atoms with Crippen LogP contribution < -0.4 is 5.32 Å². The van der Waals surface area contributed by atoms with Crippen molar-refractivity contribution in [2.24, 2.45) is 0 Å². The SMILES string of the molecule is CC(C)NCc1ccc(-c2ccccc2F)cc1. The van der Waals surface area contributed by atoms with E-state index in [1.807, 2.05) is 30.3 Å². The molecular formula is C16H18FN. The highest BCUT2D eigenvalue weighted by molar-refractivity contribution is 5.64. The lowest BCUT2D eigenvalue weighted by molar-refractivity contribution is 0.589. The van der Waals surface area contributed by atoms with Crippen LogP contribution in [-0.4, -0.2) is 6.04 Å². The molecule has 0 saturated carbocycles. The van der Waals surface area contributed by atoms with Gasteiger partial charge in [0, 0.05) is 18.2 Å². The molecule has 0 heterocycles. The Morgan fingerprint density at radius 2 is 1.67 bits per heavy atom. The first kappa shape index (κ1) is 12.8. The maximum Gasteiger partial charge on any atom is 0.131 e. The quantitative estimate of drug-likeness (QED) is 0.856. The molecule has 0 unspecified atom stereocenters. The van der Waals surface area contributed by atoms with Gasteiger partial charge in [-0.25, -0.2) is 4.39 Å². The van der Waals surface area contributed by atoms with Gasteiger partial charge in [0.2, 0.25) is 0 Å². The fourth-order valence-electron chi connectivity index (χ4n) is 1.82. The second kappa shape index (κ2) is 5.78. The Labute approximate surface area is 108 Å². The van der Waals surface area contributed by atoms with Crippen molar-refractivity contribution in [3.63, 3.8) is 0 Å². The summed E-state index contributed by atoms with van der Waals surface area (Å²) in [6.45, 7) is 5.08. The van der Waals surface area contributed by atoms with Crippen molar-refractivity contribution >= 4 is 0 Å². The summed E-state index contributed by atoms with van der Waals surface area (Å²) in [6, 6.07) is 15.3. The van der Waals surface area contributed by atoms with Crippen molar-refractivity contribution in [3.8, 4) is 11.1 Å². The lowest BCUT2D eigenvalue weighted by Gasteiger charge is -2.09. The predicted molar refractivity (Wildman–Crippen MR) is 73.8 cm³/mol. The van der Waals surface area contributed by atoms with E-state index in [1.165, 1.54) is 11.6 Å². The van der Waals surface area contributed by atoms with Gasteiger partial charge in [0.05, 0.1) is 0 Å². The molecule has 2 aromatic carbocycles. The number of rotatable bonds is 4. The van der Waals surface area contributed by atoms with E-state index < -0.39 is 0 Å². The monoisotopic (exact) mass is 243 g/mol. The van der Waals surface area contributed by atoms with Crippen LogP contribution in [0.2, 0.25) is 0 Å². The average molecular weight is 243 g/mol. The molecule has 2 rings (SSSR count). The first-order valence-corrected chi connectivity index (χ1v) is 6.24. The third kappa shape index (κ3) is 3.17. The minimum absolute atomic E-state index is 0.175. The lowest BCUT2D eigenvalue weighted by atomic mass is 10.0. The fourth-order valence-corrected chi connectivity index (χ4v) is 1.82. The van der Waals surface area contributed by atoms with E-state index in [0.717, 1.165) is 12.1 Å². The molecule has 1 N–H and O–H groups in total. The first-order chi connectivity index (χ1) is 8.66. The summed E-state index contributed by atoms with van der Waals surface area (Å²) in [5.74, 6) is -0.175. The van der Waals surface area contributed by atoms with Crippen molar-refractivity contribution in [3.05, 3.63) is 59.9 Å². The number of hydrogen-bond acceptors (Lipinski definition) is 1. The number of halogens is 1. The third-order valence-electron chi connectivity index (χ3n) is 2.85. The van der Waals surface area contributed by atoms with E-state index >= 15 is 0 Å². The Hall–Kier alpha value is -1.67. The van der Waals surface area contributed by atoms with Crippen LogP contribution in [0, 0.1) is 5.82 Å². The van der Waals surface area contributed by atoms with Gasteiger partial charge in [-0.15, -0.1) is 0 Å². The molecule has 0 spiro atoms. The Bertz CT molecular complexity index is 503. The van der Waals surface area contributed by atoms with Crippen LogP contribution in [0.3, 0.4) is 0 Å². The Morgan fingerprint density at radius 1 is 1.00 bits per heavy atom. The van der Waals surface area contributed by atoms with Gasteiger partial charge in [0.25, 0.3) is 0 Å². The molecule has 1 nitrogen and oxygen atoms in total. The van der Waals surface area contributed by atoms with E-state index in [1.54, 1.807) is 12.1 Å². The number of nitrogens with one attached hydrogen (secondary N) is 1. The summed E-state index contributed by atoms with van der Waals surface area (Å²) in [5.41, 5.74) is 2.78. The second-order valence-corrected chi connectivity index (χ2v) is 4.71. The van der Waals surface area contributed by atoms with Crippen molar-refractivity contribution in [1.29, 1.82) is 0 Å². The third-order valence-corrected chi connectivity index (χ3v) is 2.85. The molecule has 0 atom stereocenters. The van der Waals surface area contributed by atoms with Crippen molar-refractivity contribution in [2.45, 2.75) is 26.4 Å². The molecule has 0 saturated heterocycles. The molecule has 94 valence electrons. The molecule has 0 aliphatic carbocycles. The van der Waals surface area contributed by atoms with Crippen LogP contribution >= 0.6 is 0 Å². The van der Waals surface area contributed by atoms with Gasteiger partial charge in [-0.05, 0) is 17.2 Å². The molecular weight excluding hydrogens is 225 g/mol. The van der Waals surface area contributed by atoms with Crippen LogP contribution in [-0.2, 0) is 6.54 Å². The molecule has 2 aromatic rings. The highest BCUT2D eigenvalue weighted by Crippen LogP contribution is 2.22. The van der Waals surface area contributed by atoms with Gasteiger partial charge >= 0.3 is 0 Å². The summed E-state index contributed by atoms with van der Waals surface area (Å²) in [4.78, 5) is 0. The summed E-state index contributed by atoms with van der Waals surface area (Å²) >= 11 is 0. The molecule has 18 heavy (non-hydrogen) atoms. The number of benzene rings is 2. The molecule has 0 aromatic heterocycles. The van der Waals surface area contributed by atoms with E-state index in [4.69, 9.17) is 0 Å². The van der Waals surface area contributed by atoms with Crippen LogP contribution in [0.5, 0.6) is 0 Å². The van der Waals surface area contributed by atoms with E-state index in [2.05, 4.69) is 19.2 Å². The summed E-state index contributed by atoms with van der Waals surface area (Å²) in [6.07, 6.45) is 0.